The number of amides is 1. The molecule has 1 saturated carbocycles. The molecule has 2 heterocycles. The number of aromatic nitrogens is 2. The average molecular weight is 527 g/mol. The van der Waals surface area contributed by atoms with Crippen molar-refractivity contribution in [1.82, 2.24) is 19.6 Å². The van der Waals surface area contributed by atoms with Crippen molar-refractivity contribution < 1.29 is 17.9 Å². The van der Waals surface area contributed by atoms with Gasteiger partial charge in [0, 0.05) is 25.2 Å². The number of aryl methyl sites for hydroxylation is 1. The fraction of sp³-hybridized carbons (Fsp3) is 0.261. The van der Waals surface area contributed by atoms with Gasteiger partial charge in [0.15, 0.2) is 6.19 Å². The zero-order chi connectivity index (χ0) is 26.1. The van der Waals surface area contributed by atoms with Gasteiger partial charge in [-0.1, -0.05) is 12.1 Å². The number of carbonyl (C=O) groups excluding carboxylic acids is 1. The highest BCUT2D eigenvalue weighted by atomic mass is 35.5. The molecule has 0 bridgehead atoms. The predicted molar refractivity (Wildman–Crippen MR) is 129 cm³/mol. The zero-order valence-electron chi connectivity index (χ0n) is 18.9. The molecule has 4 rings (SSSR count). The van der Waals surface area contributed by atoms with Crippen molar-refractivity contribution in [2.45, 2.75) is 23.1 Å². The minimum atomic E-state index is -4.07. The van der Waals surface area contributed by atoms with E-state index in [-0.39, 0.29) is 36.5 Å². The molecule has 2 unspecified atom stereocenters. The zero-order valence-corrected chi connectivity index (χ0v) is 20.4. The summed E-state index contributed by atoms with van der Waals surface area (Å²) in [5.41, 5.74) is 0.808. The van der Waals surface area contributed by atoms with Crippen LogP contribution in [-0.2, 0) is 23.6 Å². The third kappa shape index (κ3) is 4.44. The molecule has 1 fully saturated rings. The first-order chi connectivity index (χ1) is 17.1. The summed E-state index contributed by atoms with van der Waals surface area (Å²) >= 11 is 6.07. The Bertz CT molecular complexity index is 1610. The number of ether oxygens (including phenoxy) is 1. The Morgan fingerprint density at radius 1 is 1.31 bits per heavy atom. The van der Waals surface area contributed by atoms with Crippen molar-refractivity contribution in [2.75, 3.05) is 6.61 Å². The van der Waals surface area contributed by atoms with E-state index in [4.69, 9.17) is 26.9 Å². The normalized spacial score (nSPS) is 18.6. The van der Waals surface area contributed by atoms with E-state index in [1.165, 1.54) is 30.1 Å². The number of fused-ring (bicyclic) bond motifs is 1. The molecule has 1 amide bonds. The molecular weight excluding hydrogens is 508 g/mol. The third-order valence-corrected chi connectivity index (χ3v) is 8.68. The number of benzene rings is 1. The van der Waals surface area contributed by atoms with E-state index in [1.807, 2.05) is 6.07 Å². The van der Waals surface area contributed by atoms with Crippen LogP contribution in [0.15, 0.2) is 47.4 Å². The van der Waals surface area contributed by atoms with Crippen molar-refractivity contribution in [2.24, 2.45) is 7.05 Å². The second kappa shape index (κ2) is 9.49. The van der Waals surface area contributed by atoms with E-state index in [2.05, 4.69) is 10.3 Å². The number of hydrogen-bond donors (Lipinski definition) is 2. The van der Waals surface area contributed by atoms with Crippen molar-refractivity contribution in [3.8, 4) is 18.1 Å². The average Bonchev–Trinajstić information content (AvgIpc) is 3.55. The minimum Gasteiger partial charge on any atom is -0.474 e. The van der Waals surface area contributed by atoms with Gasteiger partial charge in [-0.3, -0.25) is 9.59 Å². The van der Waals surface area contributed by atoms with Crippen LogP contribution in [0.5, 0.6) is 5.88 Å². The molecule has 1 aliphatic carbocycles. The summed E-state index contributed by atoms with van der Waals surface area (Å²) in [6.07, 6.45) is 2.88. The number of nitrogens with one attached hydrogen (secondary N) is 2. The molecule has 1 aromatic carbocycles. The molecule has 1 aliphatic rings. The maximum atomic E-state index is 13.0. The fourth-order valence-electron chi connectivity index (χ4n) is 3.75. The molecule has 2 aromatic heterocycles. The summed E-state index contributed by atoms with van der Waals surface area (Å²) in [6, 6.07) is 11.7. The Morgan fingerprint density at radius 2 is 2.00 bits per heavy atom. The smallest absolute Gasteiger partial charge is 0.263 e. The van der Waals surface area contributed by atoms with Gasteiger partial charge >= 0.3 is 0 Å². The quantitative estimate of drug-likeness (QED) is 0.251. The highest BCUT2D eigenvalue weighted by Crippen LogP contribution is 2.48. The van der Waals surface area contributed by atoms with Crippen molar-refractivity contribution in [1.29, 1.82) is 10.5 Å². The number of rotatable bonds is 8. The summed E-state index contributed by atoms with van der Waals surface area (Å²) in [6.45, 7) is -0.228. The molecule has 0 saturated heterocycles. The molecule has 0 radical (unpaired) electrons. The van der Waals surface area contributed by atoms with Crippen molar-refractivity contribution in [3.05, 3.63) is 69.6 Å². The van der Waals surface area contributed by atoms with Gasteiger partial charge in [0.1, 0.15) is 22.4 Å². The van der Waals surface area contributed by atoms with Crippen LogP contribution in [0.2, 0.25) is 0 Å². The topological polar surface area (TPSA) is 167 Å². The number of alkyl halides is 1. The lowest BCUT2D eigenvalue weighted by Gasteiger charge is -2.17. The van der Waals surface area contributed by atoms with Gasteiger partial charge in [-0.25, -0.2) is 18.1 Å². The van der Waals surface area contributed by atoms with Crippen LogP contribution >= 0.6 is 11.6 Å². The summed E-state index contributed by atoms with van der Waals surface area (Å²) < 4.78 is 32.0. The largest absolute Gasteiger partial charge is 0.474 e. The lowest BCUT2D eigenvalue weighted by molar-refractivity contribution is 0.0949. The summed E-state index contributed by atoms with van der Waals surface area (Å²) in [4.78, 5) is 29.9. The summed E-state index contributed by atoms with van der Waals surface area (Å²) in [7, 11) is -2.63. The van der Waals surface area contributed by atoms with Crippen LogP contribution in [0.1, 0.15) is 27.9 Å². The van der Waals surface area contributed by atoms with E-state index in [0.717, 1.165) is 5.56 Å². The van der Waals surface area contributed by atoms with Gasteiger partial charge in [0.2, 0.25) is 5.88 Å². The number of sulfonamides is 1. The predicted octanol–water partition coefficient (Wildman–Crippen LogP) is 1.26. The molecule has 0 aliphatic heterocycles. The van der Waals surface area contributed by atoms with Crippen LogP contribution < -0.4 is 20.3 Å². The highest BCUT2D eigenvalue weighted by Gasteiger charge is 2.64. The summed E-state index contributed by atoms with van der Waals surface area (Å²) in [5.74, 6) is -0.601. The first-order valence-corrected chi connectivity index (χ1v) is 12.5. The lowest BCUT2D eigenvalue weighted by atomic mass is 10.1. The molecule has 3 aromatic rings. The first kappa shape index (κ1) is 25.0. The highest BCUT2D eigenvalue weighted by molar-refractivity contribution is 7.91. The van der Waals surface area contributed by atoms with E-state index >= 15 is 0 Å². The van der Waals surface area contributed by atoms with Crippen LogP contribution in [0.4, 0.5) is 0 Å². The monoisotopic (exact) mass is 526 g/mol. The number of nitrogens with zero attached hydrogens (tertiary/aromatic N) is 4. The third-order valence-electron chi connectivity index (χ3n) is 5.98. The maximum absolute atomic E-state index is 13.0. The Morgan fingerprint density at radius 3 is 2.61 bits per heavy atom. The second-order valence-electron chi connectivity index (χ2n) is 8.21. The van der Waals surface area contributed by atoms with Gasteiger partial charge < -0.3 is 14.6 Å². The number of carbonyl (C=O) groups is 1. The van der Waals surface area contributed by atoms with E-state index in [0.29, 0.717) is 10.9 Å². The van der Waals surface area contributed by atoms with Gasteiger partial charge in [-0.05, 0) is 36.2 Å². The standard InChI is InChI=1S/C23H19ClN6O5S/c1-30-19-16(6-7-27-21(19)35-12-23(9-18(23)24)36(33,34)29-13-26)8-17(22(30)32)20(31)28-11-15-4-2-14(10-25)3-5-15/h2-8,18,29H,9,11-12H2,1H3,(H,28,31). The Balaban J connectivity index is 1.58. The van der Waals surface area contributed by atoms with Crippen molar-refractivity contribution >= 4 is 38.4 Å². The Kier molecular flexibility index (Phi) is 6.59. The van der Waals surface area contributed by atoms with Crippen molar-refractivity contribution in [3.63, 3.8) is 0 Å². The van der Waals surface area contributed by atoms with Crippen LogP contribution in [0.25, 0.3) is 10.9 Å². The maximum Gasteiger partial charge on any atom is 0.263 e. The van der Waals surface area contributed by atoms with E-state index in [9.17, 15) is 18.0 Å². The number of halogens is 1. The first-order valence-electron chi connectivity index (χ1n) is 10.6. The SMILES string of the molecule is Cn1c(=O)c(C(=O)NCc2ccc(C#N)cc2)cc2ccnc(OCC3(S(=O)(=O)NC#N)CC3Cl)c21. The van der Waals surface area contributed by atoms with Crippen LogP contribution in [0.3, 0.4) is 0 Å². The molecule has 2 atom stereocenters. The molecular formula is C23H19ClN6O5S. The molecule has 36 heavy (non-hydrogen) atoms. The van der Waals surface area contributed by atoms with Gasteiger partial charge in [-0.15, -0.1) is 11.6 Å². The number of pyridine rings is 2. The second-order valence-corrected chi connectivity index (χ2v) is 10.8. The Hall–Kier alpha value is -4.13. The van der Waals surface area contributed by atoms with Gasteiger partial charge in [-0.2, -0.15) is 10.5 Å². The molecule has 184 valence electrons. The van der Waals surface area contributed by atoms with Crippen LogP contribution in [0, 0.1) is 22.8 Å². The van der Waals surface area contributed by atoms with E-state index in [1.54, 1.807) is 35.1 Å². The summed E-state index contributed by atoms with van der Waals surface area (Å²) in [5, 5.41) is 20.0. The molecule has 13 heteroatoms. The van der Waals surface area contributed by atoms with Gasteiger partial charge in [0.25, 0.3) is 21.5 Å². The molecule has 0 spiro atoms. The Labute approximate surface area is 210 Å². The molecule has 2 N–H and O–H groups in total. The van der Waals surface area contributed by atoms with E-state index < -0.39 is 31.6 Å². The van der Waals surface area contributed by atoms with Gasteiger partial charge in [0.05, 0.1) is 17.0 Å². The lowest BCUT2D eigenvalue weighted by Crippen LogP contribution is -2.40. The molecule has 11 nitrogen and oxygen atoms in total. The minimum absolute atomic E-state index is 0.0149. The van der Waals surface area contributed by atoms with Crippen LogP contribution in [-0.4, -0.2) is 40.6 Å². The fourth-order valence-corrected chi connectivity index (χ4v) is 5.79. The number of nitriles is 2. The number of hydrogen-bond acceptors (Lipinski definition) is 8.